The van der Waals surface area contributed by atoms with Crippen molar-refractivity contribution in [2.24, 2.45) is 0 Å². The molecular weight excluding hydrogens is 292 g/mol. The van der Waals surface area contributed by atoms with Crippen LogP contribution < -0.4 is 10.6 Å². The largest absolute Gasteiger partial charge is 0.326 e. The van der Waals surface area contributed by atoms with Crippen LogP contribution in [0.1, 0.15) is 31.2 Å². The molecule has 4 heteroatoms. The molecule has 1 saturated heterocycles. The predicted molar refractivity (Wildman–Crippen MR) is 77.8 cm³/mol. The van der Waals surface area contributed by atoms with Crippen molar-refractivity contribution in [1.29, 1.82) is 0 Å². The van der Waals surface area contributed by atoms with E-state index in [0.717, 1.165) is 28.7 Å². The van der Waals surface area contributed by atoms with Crippen LogP contribution in [0.5, 0.6) is 0 Å². The minimum Gasteiger partial charge on any atom is -0.326 e. The first-order valence-corrected chi connectivity index (χ1v) is 7.24. The monoisotopic (exact) mass is 310 g/mol. The molecule has 0 saturated carbocycles. The van der Waals surface area contributed by atoms with Crippen molar-refractivity contribution in [3.05, 3.63) is 28.2 Å². The topological polar surface area (TPSA) is 41.1 Å². The van der Waals surface area contributed by atoms with Gasteiger partial charge in [0.05, 0.1) is 0 Å². The van der Waals surface area contributed by atoms with E-state index in [-0.39, 0.29) is 5.91 Å². The maximum absolute atomic E-state index is 11.9. The molecule has 1 aliphatic rings. The van der Waals surface area contributed by atoms with E-state index in [4.69, 9.17) is 0 Å². The average molecular weight is 311 g/mol. The molecule has 3 nitrogen and oxygen atoms in total. The van der Waals surface area contributed by atoms with Gasteiger partial charge in [-0.25, -0.2) is 0 Å². The summed E-state index contributed by atoms with van der Waals surface area (Å²) in [5, 5.41) is 6.39. The van der Waals surface area contributed by atoms with Gasteiger partial charge in [0.2, 0.25) is 5.91 Å². The van der Waals surface area contributed by atoms with Crippen molar-refractivity contribution < 1.29 is 4.79 Å². The fourth-order valence-electron chi connectivity index (χ4n) is 2.26. The van der Waals surface area contributed by atoms with Crippen LogP contribution in [0, 0.1) is 6.92 Å². The van der Waals surface area contributed by atoms with E-state index in [0.29, 0.717) is 12.5 Å². The number of hydrogen-bond donors (Lipinski definition) is 2. The Morgan fingerprint density at radius 3 is 3.11 bits per heavy atom. The smallest absolute Gasteiger partial charge is 0.224 e. The van der Waals surface area contributed by atoms with Crippen LogP contribution in [0.15, 0.2) is 22.7 Å². The van der Waals surface area contributed by atoms with Gasteiger partial charge in [-0.2, -0.15) is 0 Å². The van der Waals surface area contributed by atoms with Crippen LogP contribution in [0.2, 0.25) is 0 Å². The maximum Gasteiger partial charge on any atom is 0.224 e. The summed E-state index contributed by atoms with van der Waals surface area (Å²) in [5.41, 5.74) is 1.97. The Kier molecular flexibility index (Phi) is 4.78. The summed E-state index contributed by atoms with van der Waals surface area (Å²) in [7, 11) is 0. The van der Waals surface area contributed by atoms with Gasteiger partial charge in [-0.15, -0.1) is 0 Å². The van der Waals surface area contributed by atoms with Gasteiger partial charge in [0.15, 0.2) is 0 Å². The highest BCUT2D eigenvalue weighted by Crippen LogP contribution is 2.23. The van der Waals surface area contributed by atoms with Crippen LogP contribution in [0.25, 0.3) is 0 Å². The molecule has 18 heavy (non-hydrogen) atoms. The number of benzene rings is 1. The van der Waals surface area contributed by atoms with E-state index < -0.39 is 0 Å². The normalized spacial score (nSPS) is 18.9. The maximum atomic E-state index is 11.9. The van der Waals surface area contributed by atoms with Crippen molar-refractivity contribution in [2.75, 3.05) is 11.9 Å². The lowest BCUT2D eigenvalue weighted by Crippen LogP contribution is -2.23. The molecule has 1 heterocycles. The fraction of sp³-hybridized carbons (Fsp3) is 0.500. The zero-order valence-electron chi connectivity index (χ0n) is 10.6. The Hall–Kier alpha value is -0.870. The predicted octanol–water partition coefficient (Wildman–Crippen LogP) is 3.23. The summed E-state index contributed by atoms with van der Waals surface area (Å²) in [6.07, 6.45) is 3.95. The molecule has 0 bridgehead atoms. The zero-order valence-corrected chi connectivity index (χ0v) is 12.2. The first-order valence-electron chi connectivity index (χ1n) is 6.45. The van der Waals surface area contributed by atoms with Crippen molar-refractivity contribution >= 4 is 27.5 Å². The molecule has 0 spiro atoms. The first-order chi connectivity index (χ1) is 8.66. The lowest BCUT2D eigenvalue weighted by Gasteiger charge is -2.12. The van der Waals surface area contributed by atoms with Gasteiger partial charge in [0.25, 0.3) is 0 Å². The number of carbonyl (C=O) groups is 1. The highest BCUT2D eigenvalue weighted by Gasteiger charge is 2.15. The Bertz CT molecular complexity index is 428. The molecule has 1 unspecified atom stereocenters. The van der Waals surface area contributed by atoms with Crippen molar-refractivity contribution in [3.63, 3.8) is 0 Å². The number of hydrogen-bond acceptors (Lipinski definition) is 2. The Labute approximate surface area is 116 Å². The molecule has 2 N–H and O–H groups in total. The summed E-state index contributed by atoms with van der Waals surface area (Å²) in [4.78, 5) is 11.9. The van der Waals surface area contributed by atoms with Crippen LogP contribution in [-0.2, 0) is 4.79 Å². The third-order valence-electron chi connectivity index (χ3n) is 3.42. The number of rotatable bonds is 4. The van der Waals surface area contributed by atoms with Gasteiger partial charge >= 0.3 is 0 Å². The van der Waals surface area contributed by atoms with Crippen LogP contribution in [0.3, 0.4) is 0 Å². The number of carbonyl (C=O) groups excluding carboxylic acids is 1. The zero-order chi connectivity index (χ0) is 13.0. The average Bonchev–Trinajstić information content (AvgIpc) is 2.86. The van der Waals surface area contributed by atoms with Crippen LogP contribution >= 0.6 is 15.9 Å². The minimum absolute atomic E-state index is 0.102. The molecule has 1 aromatic carbocycles. The molecule has 2 rings (SSSR count). The molecule has 1 amide bonds. The summed E-state index contributed by atoms with van der Waals surface area (Å²) >= 11 is 3.47. The Balaban J connectivity index is 1.84. The fourth-order valence-corrected chi connectivity index (χ4v) is 2.63. The second-order valence-electron chi connectivity index (χ2n) is 4.79. The molecule has 1 atom stereocenters. The van der Waals surface area contributed by atoms with Gasteiger partial charge in [-0.1, -0.05) is 22.0 Å². The van der Waals surface area contributed by atoms with Crippen molar-refractivity contribution in [3.8, 4) is 0 Å². The SMILES string of the molecule is Cc1c(Br)cccc1NC(=O)CCC1CCCN1. The van der Waals surface area contributed by atoms with Gasteiger partial charge in [-0.3, -0.25) is 4.79 Å². The van der Waals surface area contributed by atoms with Crippen LogP contribution in [0.4, 0.5) is 5.69 Å². The highest BCUT2D eigenvalue weighted by molar-refractivity contribution is 9.10. The Morgan fingerprint density at radius 2 is 2.39 bits per heavy atom. The molecule has 0 aromatic heterocycles. The highest BCUT2D eigenvalue weighted by atomic mass is 79.9. The van der Waals surface area contributed by atoms with Gasteiger partial charge in [-0.05, 0) is 50.4 Å². The van der Waals surface area contributed by atoms with E-state index in [1.165, 1.54) is 12.8 Å². The molecule has 1 aromatic rings. The van der Waals surface area contributed by atoms with E-state index in [9.17, 15) is 4.79 Å². The standard InChI is InChI=1S/C14H19BrN2O/c1-10-12(15)5-2-6-13(10)17-14(18)8-7-11-4-3-9-16-11/h2,5-6,11,16H,3-4,7-9H2,1H3,(H,17,18). The quantitative estimate of drug-likeness (QED) is 0.896. The van der Waals surface area contributed by atoms with E-state index in [2.05, 4.69) is 26.6 Å². The third kappa shape index (κ3) is 3.56. The first kappa shape index (κ1) is 13.6. The molecule has 1 fully saturated rings. The van der Waals surface area contributed by atoms with E-state index in [1.54, 1.807) is 0 Å². The second kappa shape index (κ2) is 6.34. The lowest BCUT2D eigenvalue weighted by atomic mass is 10.1. The molecule has 98 valence electrons. The van der Waals surface area contributed by atoms with Gasteiger partial charge in [0.1, 0.15) is 0 Å². The molecule has 0 radical (unpaired) electrons. The van der Waals surface area contributed by atoms with Gasteiger partial charge < -0.3 is 10.6 Å². The molecule has 1 aliphatic heterocycles. The van der Waals surface area contributed by atoms with Gasteiger partial charge in [0, 0.05) is 22.6 Å². The van der Waals surface area contributed by atoms with E-state index in [1.807, 2.05) is 25.1 Å². The van der Waals surface area contributed by atoms with Crippen molar-refractivity contribution in [2.45, 2.75) is 38.6 Å². The molecular formula is C14H19BrN2O. The third-order valence-corrected chi connectivity index (χ3v) is 4.28. The summed E-state index contributed by atoms with van der Waals surface area (Å²) < 4.78 is 1.03. The summed E-state index contributed by atoms with van der Waals surface area (Å²) in [5.74, 6) is 0.102. The lowest BCUT2D eigenvalue weighted by molar-refractivity contribution is -0.116. The number of halogens is 1. The summed E-state index contributed by atoms with van der Waals surface area (Å²) in [6, 6.07) is 6.38. The number of amides is 1. The van der Waals surface area contributed by atoms with E-state index >= 15 is 0 Å². The molecule has 0 aliphatic carbocycles. The minimum atomic E-state index is 0.102. The Morgan fingerprint density at radius 1 is 1.56 bits per heavy atom. The summed E-state index contributed by atoms with van der Waals surface area (Å²) in [6.45, 7) is 3.09. The van der Waals surface area contributed by atoms with Crippen LogP contribution in [-0.4, -0.2) is 18.5 Å². The second-order valence-corrected chi connectivity index (χ2v) is 5.65. The van der Waals surface area contributed by atoms with Crippen molar-refractivity contribution in [1.82, 2.24) is 5.32 Å². The number of anilines is 1. The number of nitrogens with one attached hydrogen (secondary N) is 2.